The van der Waals surface area contributed by atoms with Crippen molar-refractivity contribution >= 4 is 21.4 Å². The SMILES string of the molecule is CN(C)c1cccc(NS(=O)(=O)c2cccc(F)c2)c1. The van der Waals surface area contributed by atoms with Gasteiger partial charge in [-0.1, -0.05) is 12.1 Å². The summed E-state index contributed by atoms with van der Waals surface area (Å²) >= 11 is 0. The zero-order valence-electron chi connectivity index (χ0n) is 11.2. The van der Waals surface area contributed by atoms with Crippen LogP contribution in [-0.4, -0.2) is 22.5 Å². The molecule has 0 spiro atoms. The van der Waals surface area contributed by atoms with Crippen LogP contribution >= 0.6 is 0 Å². The molecule has 0 aliphatic carbocycles. The highest BCUT2D eigenvalue weighted by Crippen LogP contribution is 2.21. The van der Waals surface area contributed by atoms with E-state index in [4.69, 9.17) is 0 Å². The molecule has 106 valence electrons. The lowest BCUT2D eigenvalue weighted by atomic mass is 10.3. The zero-order chi connectivity index (χ0) is 14.8. The molecule has 0 aliphatic rings. The Balaban J connectivity index is 2.31. The number of benzene rings is 2. The molecule has 0 amide bonds. The van der Waals surface area contributed by atoms with Gasteiger partial charge in [-0.3, -0.25) is 4.72 Å². The molecule has 6 heteroatoms. The van der Waals surface area contributed by atoms with Crippen molar-refractivity contribution in [2.75, 3.05) is 23.7 Å². The average molecular weight is 294 g/mol. The van der Waals surface area contributed by atoms with Gasteiger partial charge in [0, 0.05) is 19.8 Å². The van der Waals surface area contributed by atoms with Crippen molar-refractivity contribution in [3.8, 4) is 0 Å². The minimum Gasteiger partial charge on any atom is -0.378 e. The fourth-order valence-electron chi connectivity index (χ4n) is 1.70. The van der Waals surface area contributed by atoms with Crippen molar-refractivity contribution in [3.63, 3.8) is 0 Å². The van der Waals surface area contributed by atoms with Gasteiger partial charge in [-0.2, -0.15) is 0 Å². The van der Waals surface area contributed by atoms with E-state index in [2.05, 4.69) is 4.72 Å². The normalized spacial score (nSPS) is 11.2. The Kier molecular flexibility index (Phi) is 3.94. The van der Waals surface area contributed by atoms with E-state index < -0.39 is 15.8 Å². The number of anilines is 2. The van der Waals surface area contributed by atoms with Crippen molar-refractivity contribution in [2.45, 2.75) is 4.90 Å². The minimum absolute atomic E-state index is 0.104. The van der Waals surface area contributed by atoms with Crippen LogP contribution < -0.4 is 9.62 Å². The molecule has 20 heavy (non-hydrogen) atoms. The molecule has 0 heterocycles. The smallest absolute Gasteiger partial charge is 0.261 e. The first-order valence-electron chi connectivity index (χ1n) is 5.94. The van der Waals surface area contributed by atoms with E-state index in [9.17, 15) is 12.8 Å². The van der Waals surface area contributed by atoms with Gasteiger partial charge >= 0.3 is 0 Å². The summed E-state index contributed by atoms with van der Waals surface area (Å²) < 4.78 is 39.8. The van der Waals surface area contributed by atoms with Crippen LogP contribution in [0.5, 0.6) is 0 Å². The van der Waals surface area contributed by atoms with Crippen LogP contribution in [-0.2, 0) is 10.0 Å². The Hall–Kier alpha value is -2.08. The molecule has 2 aromatic carbocycles. The molecule has 4 nitrogen and oxygen atoms in total. The standard InChI is InChI=1S/C14H15FN2O2S/c1-17(2)13-7-4-6-12(10-13)16-20(18,19)14-8-3-5-11(15)9-14/h3-10,16H,1-2H3. The third kappa shape index (κ3) is 3.27. The molecule has 0 atom stereocenters. The number of sulfonamides is 1. The van der Waals surface area contributed by atoms with E-state index in [-0.39, 0.29) is 4.90 Å². The summed E-state index contributed by atoms with van der Waals surface area (Å²) in [6.45, 7) is 0. The monoisotopic (exact) mass is 294 g/mol. The lowest BCUT2D eigenvalue weighted by Crippen LogP contribution is -2.14. The first kappa shape index (κ1) is 14.3. The van der Waals surface area contributed by atoms with E-state index in [1.54, 1.807) is 18.2 Å². The van der Waals surface area contributed by atoms with Crippen LogP contribution in [0.25, 0.3) is 0 Å². The van der Waals surface area contributed by atoms with Crippen LogP contribution in [0.2, 0.25) is 0 Å². The highest BCUT2D eigenvalue weighted by Gasteiger charge is 2.15. The summed E-state index contributed by atoms with van der Waals surface area (Å²) in [6.07, 6.45) is 0. The number of rotatable bonds is 4. The molecule has 0 radical (unpaired) electrons. The van der Waals surface area contributed by atoms with Gasteiger partial charge in [-0.15, -0.1) is 0 Å². The van der Waals surface area contributed by atoms with Crippen LogP contribution in [0.15, 0.2) is 53.4 Å². The van der Waals surface area contributed by atoms with Crippen LogP contribution in [0.1, 0.15) is 0 Å². The Morgan fingerprint density at radius 2 is 1.75 bits per heavy atom. The summed E-state index contributed by atoms with van der Waals surface area (Å²) in [4.78, 5) is 1.76. The van der Waals surface area contributed by atoms with Crippen LogP contribution in [0, 0.1) is 5.82 Å². The molecule has 0 saturated heterocycles. The third-order valence-electron chi connectivity index (χ3n) is 2.72. The molecule has 0 aromatic heterocycles. The summed E-state index contributed by atoms with van der Waals surface area (Å²) in [6, 6.07) is 11.9. The molecule has 0 saturated carbocycles. The predicted octanol–water partition coefficient (Wildman–Crippen LogP) is 2.69. The quantitative estimate of drug-likeness (QED) is 0.943. The molecule has 2 rings (SSSR count). The summed E-state index contributed by atoms with van der Waals surface area (Å²) in [5, 5.41) is 0. The summed E-state index contributed by atoms with van der Waals surface area (Å²) in [5.41, 5.74) is 1.30. The molecule has 1 N–H and O–H groups in total. The van der Waals surface area contributed by atoms with Crippen LogP contribution in [0.3, 0.4) is 0 Å². The average Bonchev–Trinajstić information content (AvgIpc) is 2.38. The van der Waals surface area contributed by atoms with Gasteiger partial charge in [0.15, 0.2) is 0 Å². The lowest BCUT2D eigenvalue weighted by Gasteiger charge is -2.14. The van der Waals surface area contributed by atoms with Gasteiger partial charge in [-0.25, -0.2) is 12.8 Å². The maximum absolute atomic E-state index is 13.1. The lowest BCUT2D eigenvalue weighted by molar-refractivity contribution is 0.595. The van der Waals surface area contributed by atoms with E-state index in [1.165, 1.54) is 18.2 Å². The van der Waals surface area contributed by atoms with Gasteiger partial charge in [0.05, 0.1) is 10.6 Å². The predicted molar refractivity (Wildman–Crippen MR) is 78.0 cm³/mol. The number of halogens is 1. The second kappa shape index (κ2) is 5.50. The van der Waals surface area contributed by atoms with Crippen molar-refractivity contribution in [3.05, 3.63) is 54.3 Å². The fourth-order valence-corrected chi connectivity index (χ4v) is 2.78. The Bertz CT molecular complexity index is 715. The maximum Gasteiger partial charge on any atom is 0.261 e. The zero-order valence-corrected chi connectivity index (χ0v) is 12.0. The number of hydrogen-bond donors (Lipinski definition) is 1. The van der Waals surface area contributed by atoms with Crippen LogP contribution in [0.4, 0.5) is 15.8 Å². The molecule has 2 aromatic rings. The Morgan fingerprint density at radius 3 is 2.40 bits per heavy atom. The highest BCUT2D eigenvalue weighted by atomic mass is 32.2. The number of nitrogens with one attached hydrogen (secondary N) is 1. The van der Waals surface area contributed by atoms with Gasteiger partial charge in [0.25, 0.3) is 10.0 Å². The maximum atomic E-state index is 13.1. The van der Waals surface area contributed by atoms with Crippen molar-refractivity contribution in [1.29, 1.82) is 0 Å². The number of nitrogens with zero attached hydrogens (tertiary/aromatic N) is 1. The minimum atomic E-state index is -3.79. The Labute approximate surface area is 117 Å². The molecule has 0 unspecified atom stereocenters. The first-order chi connectivity index (χ1) is 9.38. The molecular formula is C14H15FN2O2S. The van der Waals surface area contributed by atoms with Gasteiger partial charge in [-0.05, 0) is 36.4 Å². The fraction of sp³-hybridized carbons (Fsp3) is 0.143. The van der Waals surface area contributed by atoms with Gasteiger partial charge in [0.2, 0.25) is 0 Å². The Morgan fingerprint density at radius 1 is 1.05 bits per heavy atom. The highest BCUT2D eigenvalue weighted by molar-refractivity contribution is 7.92. The second-order valence-corrected chi connectivity index (χ2v) is 6.19. The summed E-state index contributed by atoms with van der Waals surface area (Å²) in [5.74, 6) is -0.588. The van der Waals surface area contributed by atoms with E-state index in [0.29, 0.717) is 5.69 Å². The van der Waals surface area contributed by atoms with Gasteiger partial charge in [0.1, 0.15) is 5.82 Å². The summed E-state index contributed by atoms with van der Waals surface area (Å²) in [7, 11) is -0.0642. The van der Waals surface area contributed by atoms with E-state index >= 15 is 0 Å². The van der Waals surface area contributed by atoms with Crippen molar-refractivity contribution < 1.29 is 12.8 Å². The topological polar surface area (TPSA) is 49.4 Å². The van der Waals surface area contributed by atoms with Crippen molar-refractivity contribution in [1.82, 2.24) is 0 Å². The molecular weight excluding hydrogens is 279 g/mol. The third-order valence-corrected chi connectivity index (χ3v) is 4.10. The first-order valence-corrected chi connectivity index (χ1v) is 7.42. The van der Waals surface area contributed by atoms with Gasteiger partial charge < -0.3 is 4.90 Å². The second-order valence-electron chi connectivity index (χ2n) is 4.51. The molecule has 0 fully saturated rings. The van der Waals surface area contributed by atoms with Crippen molar-refractivity contribution in [2.24, 2.45) is 0 Å². The molecule has 0 bridgehead atoms. The van der Waals surface area contributed by atoms with E-state index in [0.717, 1.165) is 11.8 Å². The van der Waals surface area contributed by atoms with E-state index in [1.807, 2.05) is 25.1 Å². The number of hydrogen-bond acceptors (Lipinski definition) is 3. The molecule has 0 aliphatic heterocycles. The largest absolute Gasteiger partial charge is 0.378 e.